The number of thioether (sulfide) groups is 1. The maximum Gasteiger partial charge on any atom is 0.333 e. The van der Waals surface area contributed by atoms with Gasteiger partial charge in [-0.3, -0.25) is 9.69 Å². The number of benzene rings is 2. The lowest BCUT2D eigenvalue weighted by molar-refractivity contribution is -0.151. The van der Waals surface area contributed by atoms with Gasteiger partial charge in [-0.1, -0.05) is 67.3 Å². The van der Waals surface area contributed by atoms with E-state index in [2.05, 4.69) is 0 Å². The summed E-state index contributed by atoms with van der Waals surface area (Å²) in [4.78, 5) is 27.8. The monoisotopic (exact) mass is 457 g/mol. The maximum absolute atomic E-state index is 13.3. The molecule has 2 aromatic rings. The van der Waals surface area contributed by atoms with Crippen LogP contribution in [0.4, 0.5) is 0 Å². The van der Waals surface area contributed by atoms with E-state index in [1.807, 2.05) is 19.9 Å². The van der Waals surface area contributed by atoms with E-state index in [1.54, 1.807) is 42.5 Å². The Kier molecular flexibility index (Phi) is 7.70. The van der Waals surface area contributed by atoms with E-state index in [4.69, 9.17) is 21.7 Å². The van der Waals surface area contributed by atoms with E-state index in [9.17, 15) is 14.7 Å². The molecule has 1 aliphatic rings. The van der Waals surface area contributed by atoms with E-state index in [0.29, 0.717) is 34.8 Å². The number of aromatic hydroxyl groups is 1. The highest BCUT2D eigenvalue weighted by atomic mass is 32.2. The van der Waals surface area contributed by atoms with E-state index >= 15 is 0 Å². The van der Waals surface area contributed by atoms with Crippen LogP contribution in [0, 0.1) is 0 Å². The molecule has 0 aromatic heterocycles. The Hall–Kier alpha value is -2.84. The summed E-state index contributed by atoms with van der Waals surface area (Å²) in [6.45, 7) is 4.39. The zero-order valence-corrected chi connectivity index (χ0v) is 18.9. The summed E-state index contributed by atoms with van der Waals surface area (Å²) in [5.41, 5.74) is 1.30. The molecule has 1 amide bonds. The van der Waals surface area contributed by atoms with Gasteiger partial charge in [-0.2, -0.15) is 0 Å². The van der Waals surface area contributed by atoms with Crippen LogP contribution in [0.15, 0.2) is 53.4 Å². The molecule has 2 aromatic carbocycles. The number of hydrogen-bond donors (Lipinski definition) is 1. The number of amides is 1. The third-order valence-corrected chi connectivity index (χ3v) is 5.78. The number of hydrogen-bond acceptors (Lipinski definition) is 7. The molecule has 1 unspecified atom stereocenters. The number of thiocarbonyl (C=S) groups is 1. The highest BCUT2D eigenvalue weighted by molar-refractivity contribution is 8.26. The van der Waals surface area contributed by atoms with Gasteiger partial charge in [0.2, 0.25) is 0 Å². The van der Waals surface area contributed by atoms with Gasteiger partial charge in [0, 0.05) is 0 Å². The minimum absolute atomic E-state index is 0.0226. The average molecular weight is 458 g/mol. The fraction of sp³-hybridized carbons (Fsp3) is 0.261. The van der Waals surface area contributed by atoms with Gasteiger partial charge in [0.15, 0.2) is 17.5 Å². The van der Waals surface area contributed by atoms with Gasteiger partial charge in [-0.15, -0.1) is 0 Å². The Morgan fingerprint density at radius 2 is 1.97 bits per heavy atom. The molecule has 0 saturated carbocycles. The molecule has 162 valence electrons. The molecule has 3 rings (SSSR count). The minimum atomic E-state index is -0.954. The van der Waals surface area contributed by atoms with Gasteiger partial charge in [-0.05, 0) is 42.7 Å². The molecule has 1 heterocycles. The first-order chi connectivity index (χ1) is 15.0. The number of phenolic OH excluding ortho intramolecular Hbond substituents is 1. The third kappa shape index (κ3) is 5.26. The standard InChI is InChI=1S/C23H23NO5S2/c1-3-12-29-22(27)20(16-8-6-5-7-9-16)24-21(26)19(31-23(24)30)14-15-10-11-17(25)18(13-15)28-4-2/h5-11,13-14,20,25H,3-4,12H2,1-2H3/b19-14-. The van der Waals surface area contributed by atoms with Gasteiger partial charge in [-0.25, -0.2) is 4.79 Å². The second kappa shape index (κ2) is 10.5. The van der Waals surface area contributed by atoms with E-state index < -0.39 is 12.0 Å². The highest BCUT2D eigenvalue weighted by Gasteiger charge is 2.42. The molecule has 0 spiro atoms. The summed E-state index contributed by atoms with van der Waals surface area (Å²) in [6.07, 6.45) is 2.34. The van der Waals surface area contributed by atoms with E-state index in [-0.39, 0.29) is 22.6 Å². The number of carbonyl (C=O) groups is 2. The Bertz CT molecular complexity index is 1010. The summed E-state index contributed by atoms with van der Waals surface area (Å²) in [7, 11) is 0. The number of phenols is 1. The molecule has 1 aliphatic heterocycles. The van der Waals surface area contributed by atoms with E-state index in [1.165, 1.54) is 11.0 Å². The number of rotatable bonds is 8. The van der Waals surface area contributed by atoms with Crippen LogP contribution in [0.25, 0.3) is 6.08 Å². The lowest BCUT2D eigenvalue weighted by Gasteiger charge is -2.25. The van der Waals surface area contributed by atoms with Crippen LogP contribution in [0.2, 0.25) is 0 Å². The largest absolute Gasteiger partial charge is 0.504 e. The van der Waals surface area contributed by atoms with Crippen LogP contribution in [-0.2, 0) is 14.3 Å². The molecule has 1 N–H and O–H groups in total. The smallest absolute Gasteiger partial charge is 0.333 e. The predicted octanol–water partition coefficient (Wildman–Crippen LogP) is 4.69. The van der Waals surface area contributed by atoms with Crippen LogP contribution < -0.4 is 4.74 Å². The molecule has 8 heteroatoms. The summed E-state index contributed by atoms with van der Waals surface area (Å²) in [5, 5.41) is 9.90. The summed E-state index contributed by atoms with van der Waals surface area (Å²) in [5.74, 6) is -0.538. The Labute approximate surface area is 190 Å². The molecular formula is C23H23NO5S2. The van der Waals surface area contributed by atoms with Crippen LogP contribution in [-0.4, -0.2) is 39.4 Å². The molecule has 1 fully saturated rings. The van der Waals surface area contributed by atoms with Crippen molar-refractivity contribution >= 4 is 46.3 Å². The molecule has 0 aliphatic carbocycles. The van der Waals surface area contributed by atoms with Gasteiger partial charge in [0.05, 0.1) is 18.1 Å². The molecule has 0 bridgehead atoms. The summed E-state index contributed by atoms with van der Waals surface area (Å²) >= 11 is 6.58. The Balaban J connectivity index is 1.94. The predicted molar refractivity (Wildman–Crippen MR) is 125 cm³/mol. The molecule has 0 radical (unpaired) electrons. The molecular weight excluding hydrogens is 434 g/mol. The quantitative estimate of drug-likeness (QED) is 0.350. The summed E-state index contributed by atoms with van der Waals surface area (Å²) in [6, 6.07) is 12.9. The lowest BCUT2D eigenvalue weighted by Crippen LogP contribution is -2.38. The van der Waals surface area contributed by atoms with Crippen molar-refractivity contribution < 1.29 is 24.2 Å². The Morgan fingerprint density at radius 1 is 1.23 bits per heavy atom. The molecule has 1 saturated heterocycles. The fourth-order valence-corrected chi connectivity index (χ4v) is 4.37. The first kappa shape index (κ1) is 22.8. The number of ether oxygens (including phenoxy) is 2. The third-order valence-electron chi connectivity index (χ3n) is 4.45. The first-order valence-corrected chi connectivity index (χ1v) is 11.1. The minimum Gasteiger partial charge on any atom is -0.504 e. The second-order valence-electron chi connectivity index (χ2n) is 6.69. The van der Waals surface area contributed by atoms with Crippen LogP contribution >= 0.6 is 24.0 Å². The average Bonchev–Trinajstić information content (AvgIpc) is 3.03. The molecule has 6 nitrogen and oxygen atoms in total. The van der Waals surface area contributed by atoms with Crippen molar-refractivity contribution in [3.63, 3.8) is 0 Å². The summed E-state index contributed by atoms with van der Waals surface area (Å²) < 4.78 is 11.0. The molecule has 1 atom stereocenters. The fourth-order valence-electron chi connectivity index (χ4n) is 3.05. The topological polar surface area (TPSA) is 76.1 Å². The maximum atomic E-state index is 13.3. The van der Waals surface area contributed by atoms with Gasteiger partial charge in [0.25, 0.3) is 5.91 Å². The second-order valence-corrected chi connectivity index (χ2v) is 8.37. The number of nitrogens with zero attached hydrogens (tertiary/aromatic N) is 1. The van der Waals surface area contributed by atoms with Crippen molar-refractivity contribution in [2.75, 3.05) is 13.2 Å². The number of carbonyl (C=O) groups excluding carboxylic acids is 2. The normalized spacial score (nSPS) is 15.9. The number of esters is 1. The van der Waals surface area contributed by atoms with Crippen molar-refractivity contribution in [2.24, 2.45) is 0 Å². The molecule has 31 heavy (non-hydrogen) atoms. The van der Waals surface area contributed by atoms with Crippen molar-refractivity contribution in [3.8, 4) is 11.5 Å². The highest BCUT2D eigenvalue weighted by Crippen LogP contribution is 2.39. The zero-order chi connectivity index (χ0) is 22.4. The van der Waals surface area contributed by atoms with Crippen LogP contribution in [0.5, 0.6) is 11.5 Å². The first-order valence-electron chi connectivity index (χ1n) is 9.90. The van der Waals surface area contributed by atoms with Crippen molar-refractivity contribution in [1.29, 1.82) is 0 Å². The van der Waals surface area contributed by atoms with Crippen molar-refractivity contribution in [1.82, 2.24) is 4.90 Å². The van der Waals surface area contributed by atoms with Crippen LogP contribution in [0.3, 0.4) is 0 Å². The SMILES string of the molecule is CCCOC(=O)C(c1ccccc1)N1C(=O)/C(=C/c2ccc(O)c(OCC)c2)SC1=S. The van der Waals surface area contributed by atoms with Crippen molar-refractivity contribution in [3.05, 3.63) is 64.6 Å². The Morgan fingerprint density at radius 3 is 2.65 bits per heavy atom. The van der Waals surface area contributed by atoms with Gasteiger partial charge < -0.3 is 14.6 Å². The van der Waals surface area contributed by atoms with Crippen molar-refractivity contribution in [2.45, 2.75) is 26.3 Å². The van der Waals surface area contributed by atoms with Gasteiger partial charge >= 0.3 is 5.97 Å². The van der Waals surface area contributed by atoms with E-state index in [0.717, 1.165) is 11.8 Å². The van der Waals surface area contributed by atoms with Crippen LogP contribution in [0.1, 0.15) is 37.4 Å². The zero-order valence-electron chi connectivity index (χ0n) is 17.2. The lowest BCUT2D eigenvalue weighted by atomic mass is 10.1. The van der Waals surface area contributed by atoms with Gasteiger partial charge in [0.1, 0.15) is 4.32 Å².